The number of phenols is 1. The lowest BCUT2D eigenvalue weighted by Crippen LogP contribution is -2.41. The summed E-state index contributed by atoms with van der Waals surface area (Å²) in [6.45, 7) is 3.89. The van der Waals surface area contributed by atoms with Crippen LogP contribution in [0.1, 0.15) is 22.3 Å². The molecule has 1 amide bonds. The molecule has 1 saturated heterocycles. The van der Waals surface area contributed by atoms with Crippen molar-refractivity contribution in [3.05, 3.63) is 29.3 Å². The van der Waals surface area contributed by atoms with Crippen LogP contribution in [0, 0.1) is 6.92 Å². The van der Waals surface area contributed by atoms with Gasteiger partial charge in [0.25, 0.3) is 0 Å². The number of Topliss-reactive ketones (excluding diaryl/α,β-unsaturated/α-hetero) is 1. The van der Waals surface area contributed by atoms with Crippen molar-refractivity contribution in [2.75, 3.05) is 26.3 Å². The van der Waals surface area contributed by atoms with Crippen molar-refractivity contribution in [2.24, 2.45) is 0 Å². The van der Waals surface area contributed by atoms with E-state index in [1.807, 2.05) is 6.92 Å². The molecule has 1 N–H and O–H groups in total. The molecule has 1 aromatic carbocycles. The number of carbonyl (C=O) groups is 2. The van der Waals surface area contributed by atoms with E-state index in [2.05, 4.69) is 0 Å². The summed E-state index contributed by atoms with van der Waals surface area (Å²) in [5.41, 5.74) is 1.07. The highest BCUT2D eigenvalue weighted by Gasteiger charge is 2.21. The summed E-state index contributed by atoms with van der Waals surface area (Å²) < 4.78 is 5.15. The Labute approximate surface area is 111 Å². The summed E-state index contributed by atoms with van der Waals surface area (Å²) in [6, 6.07) is 4.82. The van der Waals surface area contributed by atoms with E-state index in [1.165, 1.54) is 6.07 Å². The van der Waals surface area contributed by atoms with Gasteiger partial charge in [0, 0.05) is 13.1 Å². The van der Waals surface area contributed by atoms with Crippen molar-refractivity contribution in [3.8, 4) is 5.75 Å². The van der Waals surface area contributed by atoms with Crippen LogP contribution in [0.5, 0.6) is 5.75 Å². The molecule has 0 atom stereocenters. The largest absolute Gasteiger partial charge is 0.507 e. The lowest BCUT2D eigenvalue weighted by atomic mass is 10.0. The van der Waals surface area contributed by atoms with Gasteiger partial charge in [0.15, 0.2) is 5.78 Å². The summed E-state index contributed by atoms with van der Waals surface area (Å²) in [5.74, 6) is -0.637. The van der Waals surface area contributed by atoms with E-state index in [0.717, 1.165) is 5.56 Å². The third kappa shape index (κ3) is 3.32. The van der Waals surface area contributed by atoms with E-state index in [-0.39, 0.29) is 29.4 Å². The van der Waals surface area contributed by atoms with E-state index in [0.29, 0.717) is 26.3 Å². The lowest BCUT2D eigenvalue weighted by Gasteiger charge is -2.26. The monoisotopic (exact) mass is 263 g/mol. The molecule has 0 unspecified atom stereocenters. The Kier molecular flexibility index (Phi) is 4.16. The summed E-state index contributed by atoms with van der Waals surface area (Å²) in [5, 5.41) is 9.72. The molecular formula is C14H17NO4. The summed E-state index contributed by atoms with van der Waals surface area (Å²) >= 11 is 0. The van der Waals surface area contributed by atoms with Crippen LogP contribution in [0.25, 0.3) is 0 Å². The Balaban J connectivity index is 2.02. The molecular weight excluding hydrogens is 246 g/mol. The first-order valence-corrected chi connectivity index (χ1v) is 6.26. The van der Waals surface area contributed by atoms with Gasteiger partial charge >= 0.3 is 0 Å². The van der Waals surface area contributed by atoms with Gasteiger partial charge in [0.1, 0.15) is 5.75 Å². The number of rotatable bonds is 3. The van der Waals surface area contributed by atoms with Gasteiger partial charge in [-0.05, 0) is 24.6 Å². The van der Waals surface area contributed by atoms with Crippen molar-refractivity contribution >= 4 is 11.7 Å². The summed E-state index contributed by atoms with van der Waals surface area (Å²) in [4.78, 5) is 25.5. The molecule has 1 fully saturated rings. The van der Waals surface area contributed by atoms with Crippen molar-refractivity contribution in [2.45, 2.75) is 13.3 Å². The summed E-state index contributed by atoms with van der Waals surface area (Å²) in [6.07, 6.45) is -0.212. The maximum atomic E-state index is 12.0. The second-order valence-corrected chi connectivity index (χ2v) is 4.61. The van der Waals surface area contributed by atoms with E-state index >= 15 is 0 Å². The molecule has 1 heterocycles. The minimum absolute atomic E-state index is 0.0697. The highest BCUT2D eigenvalue weighted by Crippen LogP contribution is 2.20. The highest BCUT2D eigenvalue weighted by atomic mass is 16.5. The van der Waals surface area contributed by atoms with Gasteiger partial charge in [-0.25, -0.2) is 0 Å². The predicted octanol–water partition coefficient (Wildman–Crippen LogP) is 1.13. The minimum atomic E-state index is -0.353. The van der Waals surface area contributed by atoms with Crippen LogP contribution in [0.4, 0.5) is 0 Å². The number of aryl methyl sites for hydroxylation is 1. The first-order valence-electron chi connectivity index (χ1n) is 6.26. The smallest absolute Gasteiger partial charge is 0.230 e. The predicted molar refractivity (Wildman–Crippen MR) is 69.2 cm³/mol. The number of aromatic hydroxyl groups is 1. The second-order valence-electron chi connectivity index (χ2n) is 4.61. The molecule has 5 nitrogen and oxygen atoms in total. The van der Waals surface area contributed by atoms with Gasteiger partial charge < -0.3 is 14.7 Å². The van der Waals surface area contributed by atoms with Gasteiger partial charge in [-0.1, -0.05) is 6.07 Å². The Morgan fingerprint density at radius 2 is 2.00 bits per heavy atom. The maximum Gasteiger partial charge on any atom is 0.230 e. The second kappa shape index (κ2) is 5.84. The highest BCUT2D eigenvalue weighted by molar-refractivity contribution is 6.08. The van der Waals surface area contributed by atoms with Crippen LogP contribution >= 0.6 is 0 Å². The molecule has 0 spiro atoms. The Morgan fingerprint density at radius 1 is 1.32 bits per heavy atom. The normalized spacial score (nSPS) is 15.3. The van der Waals surface area contributed by atoms with Gasteiger partial charge in [-0.2, -0.15) is 0 Å². The molecule has 102 valence electrons. The molecule has 1 aliphatic heterocycles. The number of carbonyl (C=O) groups excluding carboxylic acids is 2. The third-order valence-electron chi connectivity index (χ3n) is 3.13. The minimum Gasteiger partial charge on any atom is -0.507 e. The van der Waals surface area contributed by atoms with Crippen LogP contribution in [0.3, 0.4) is 0 Å². The Bertz CT molecular complexity index is 492. The topological polar surface area (TPSA) is 66.8 Å². The van der Waals surface area contributed by atoms with Crippen molar-refractivity contribution in [1.29, 1.82) is 0 Å². The summed E-state index contributed by atoms with van der Waals surface area (Å²) in [7, 11) is 0. The average Bonchev–Trinajstić information content (AvgIpc) is 2.39. The zero-order chi connectivity index (χ0) is 13.8. The number of ether oxygens (including phenoxy) is 1. The molecule has 0 saturated carbocycles. The van der Waals surface area contributed by atoms with Crippen LogP contribution in [-0.4, -0.2) is 48.0 Å². The first kappa shape index (κ1) is 13.5. The number of ketones is 1. The fraction of sp³-hybridized carbons (Fsp3) is 0.429. The molecule has 2 rings (SSSR count). The number of benzene rings is 1. The molecule has 0 bridgehead atoms. The van der Waals surface area contributed by atoms with Gasteiger partial charge in [-0.3, -0.25) is 9.59 Å². The number of nitrogens with zero attached hydrogens (tertiary/aromatic N) is 1. The van der Waals surface area contributed by atoms with Gasteiger partial charge in [-0.15, -0.1) is 0 Å². The Morgan fingerprint density at radius 3 is 2.63 bits per heavy atom. The molecule has 0 radical (unpaired) electrons. The van der Waals surface area contributed by atoms with E-state index in [4.69, 9.17) is 4.74 Å². The lowest BCUT2D eigenvalue weighted by molar-refractivity contribution is -0.134. The molecule has 5 heteroatoms. The van der Waals surface area contributed by atoms with Crippen LogP contribution in [-0.2, 0) is 9.53 Å². The van der Waals surface area contributed by atoms with Gasteiger partial charge in [0.05, 0.1) is 25.2 Å². The quantitative estimate of drug-likeness (QED) is 0.656. The van der Waals surface area contributed by atoms with E-state index in [1.54, 1.807) is 17.0 Å². The number of phenolic OH excluding ortho intramolecular Hbond substituents is 1. The number of morpholine rings is 1. The molecule has 0 aliphatic carbocycles. The Hall–Kier alpha value is -1.88. The van der Waals surface area contributed by atoms with E-state index in [9.17, 15) is 14.7 Å². The fourth-order valence-electron chi connectivity index (χ4n) is 2.03. The van der Waals surface area contributed by atoms with Gasteiger partial charge in [0.2, 0.25) is 5.91 Å². The molecule has 0 aromatic heterocycles. The molecule has 1 aliphatic rings. The van der Waals surface area contributed by atoms with Crippen molar-refractivity contribution in [1.82, 2.24) is 4.90 Å². The number of hydrogen-bond donors (Lipinski definition) is 1. The first-order chi connectivity index (χ1) is 9.08. The van der Waals surface area contributed by atoms with E-state index < -0.39 is 0 Å². The fourth-order valence-corrected chi connectivity index (χ4v) is 2.03. The SMILES string of the molecule is Cc1ccc(C(=O)CC(=O)N2CCOCC2)c(O)c1. The van der Waals surface area contributed by atoms with Crippen molar-refractivity contribution in [3.63, 3.8) is 0 Å². The maximum absolute atomic E-state index is 12.0. The standard InChI is InChI=1S/C14H17NO4/c1-10-2-3-11(12(16)8-10)13(17)9-14(18)15-4-6-19-7-5-15/h2-3,8,16H,4-7,9H2,1H3. The van der Waals surface area contributed by atoms with Crippen LogP contribution < -0.4 is 0 Å². The zero-order valence-corrected chi connectivity index (χ0v) is 10.9. The third-order valence-corrected chi connectivity index (χ3v) is 3.13. The van der Waals surface area contributed by atoms with Crippen molar-refractivity contribution < 1.29 is 19.4 Å². The number of amides is 1. The molecule has 19 heavy (non-hydrogen) atoms. The zero-order valence-electron chi connectivity index (χ0n) is 10.9. The van der Waals surface area contributed by atoms with Crippen LogP contribution in [0.2, 0.25) is 0 Å². The average molecular weight is 263 g/mol. The van der Waals surface area contributed by atoms with Crippen LogP contribution in [0.15, 0.2) is 18.2 Å². The number of hydrogen-bond acceptors (Lipinski definition) is 4. The molecule has 1 aromatic rings.